The summed E-state index contributed by atoms with van der Waals surface area (Å²) in [5.74, 6) is 1.53. The highest BCUT2D eigenvalue weighted by atomic mass is 32.1. The van der Waals surface area contributed by atoms with Gasteiger partial charge in [0.1, 0.15) is 10.7 Å². The summed E-state index contributed by atoms with van der Waals surface area (Å²) in [6, 6.07) is 7.96. The quantitative estimate of drug-likeness (QED) is 0.499. The molecule has 3 heterocycles. The van der Waals surface area contributed by atoms with E-state index in [9.17, 15) is 0 Å². The average molecular weight is 327 g/mol. The third-order valence-electron chi connectivity index (χ3n) is 3.66. The molecule has 23 heavy (non-hydrogen) atoms. The second kappa shape index (κ2) is 5.70. The molecule has 0 radical (unpaired) electrons. The Balaban J connectivity index is 1.72. The summed E-state index contributed by atoms with van der Waals surface area (Å²) in [5, 5.41) is 6.41. The molecule has 5 nitrogen and oxygen atoms in total. The molecule has 0 spiro atoms. The Bertz CT molecular complexity index is 935. The van der Waals surface area contributed by atoms with E-state index in [1.807, 2.05) is 37.4 Å². The molecule has 0 saturated heterocycles. The highest BCUT2D eigenvalue weighted by molar-refractivity contribution is 7.16. The van der Waals surface area contributed by atoms with Crippen molar-refractivity contribution >= 4 is 27.3 Å². The van der Waals surface area contributed by atoms with Crippen molar-refractivity contribution in [3.8, 4) is 17.2 Å². The van der Waals surface area contributed by atoms with Gasteiger partial charge < -0.3 is 9.15 Å². The molecule has 0 atom stereocenters. The summed E-state index contributed by atoms with van der Waals surface area (Å²) in [6.45, 7) is 4.82. The molecule has 3 aromatic heterocycles. The molecule has 1 aromatic carbocycles. The number of unbranched alkanes of at least 4 members (excludes halogenated alkanes) is 1. The number of hydrogen-bond donors (Lipinski definition) is 0. The third kappa shape index (κ3) is 2.59. The van der Waals surface area contributed by atoms with Crippen LogP contribution in [0.15, 0.2) is 34.9 Å². The maximum Gasteiger partial charge on any atom is 0.212 e. The number of nitrogens with zero attached hydrogens (tertiary/aromatic N) is 3. The van der Waals surface area contributed by atoms with Crippen LogP contribution in [0, 0.1) is 6.92 Å². The van der Waals surface area contributed by atoms with Gasteiger partial charge in [0.15, 0.2) is 17.1 Å². The predicted octanol–water partition coefficient (Wildman–Crippen LogP) is 4.69. The number of benzene rings is 1. The van der Waals surface area contributed by atoms with Crippen LogP contribution in [0.1, 0.15) is 24.8 Å². The molecule has 6 heteroatoms. The van der Waals surface area contributed by atoms with Crippen LogP contribution in [-0.2, 0) is 0 Å². The molecule has 4 rings (SSSR count). The summed E-state index contributed by atoms with van der Waals surface area (Å²) >= 11 is 1.57. The Morgan fingerprint density at radius 3 is 3.09 bits per heavy atom. The van der Waals surface area contributed by atoms with Gasteiger partial charge in [0.25, 0.3) is 0 Å². The van der Waals surface area contributed by atoms with Gasteiger partial charge in [-0.15, -0.1) is 0 Å². The number of hydrogen-bond acceptors (Lipinski definition) is 5. The van der Waals surface area contributed by atoms with Crippen LogP contribution in [0.25, 0.3) is 27.4 Å². The normalized spacial score (nSPS) is 11.6. The lowest BCUT2D eigenvalue weighted by Crippen LogP contribution is -1.96. The van der Waals surface area contributed by atoms with E-state index in [2.05, 4.69) is 17.0 Å². The number of aromatic nitrogens is 3. The molecule has 0 aliphatic rings. The van der Waals surface area contributed by atoms with Gasteiger partial charge in [0.05, 0.1) is 12.8 Å². The Hall–Kier alpha value is -2.34. The van der Waals surface area contributed by atoms with E-state index < -0.39 is 0 Å². The fourth-order valence-electron chi connectivity index (χ4n) is 2.52. The van der Waals surface area contributed by atoms with Crippen LogP contribution in [0.5, 0.6) is 5.75 Å². The number of para-hydroxylation sites is 1. The SMILES string of the molecule is CCCCOc1cccc2cc(-c3cn4nc(C)sc4n3)oc12. The molecule has 0 amide bonds. The first-order chi connectivity index (χ1) is 11.2. The predicted molar refractivity (Wildman–Crippen MR) is 91.2 cm³/mol. The average Bonchev–Trinajstić information content (AvgIpc) is 3.19. The standard InChI is InChI=1S/C17H17N3O2S/c1-3-4-8-21-14-7-5-6-12-9-15(22-16(12)14)13-10-20-17(18-13)23-11(2)19-20/h5-7,9-10H,3-4,8H2,1-2H3. The highest BCUT2D eigenvalue weighted by Gasteiger charge is 2.14. The zero-order valence-corrected chi connectivity index (χ0v) is 13.9. The van der Waals surface area contributed by atoms with Gasteiger partial charge in [-0.3, -0.25) is 0 Å². The summed E-state index contributed by atoms with van der Waals surface area (Å²) in [4.78, 5) is 5.46. The van der Waals surface area contributed by atoms with E-state index in [0.29, 0.717) is 6.61 Å². The minimum Gasteiger partial charge on any atom is -0.490 e. The summed E-state index contributed by atoms with van der Waals surface area (Å²) in [7, 11) is 0. The summed E-state index contributed by atoms with van der Waals surface area (Å²) in [6.07, 6.45) is 4.04. The molecule has 0 bridgehead atoms. The topological polar surface area (TPSA) is 52.6 Å². The van der Waals surface area contributed by atoms with Gasteiger partial charge in [0, 0.05) is 5.39 Å². The van der Waals surface area contributed by atoms with Crippen LogP contribution in [0.2, 0.25) is 0 Å². The molecule has 0 unspecified atom stereocenters. The zero-order chi connectivity index (χ0) is 15.8. The largest absolute Gasteiger partial charge is 0.490 e. The fraction of sp³-hybridized carbons (Fsp3) is 0.294. The van der Waals surface area contributed by atoms with Gasteiger partial charge in [0.2, 0.25) is 4.96 Å². The van der Waals surface area contributed by atoms with Gasteiger partial charge in [-0.1, -0.05) is 36.8 Å². The fourth-order valence-corrected chi connectivity index (χ4v) is 3.25. The van der Waals surface area contributed by atoms with Crippen molar-refractivity contribution in [1.29, 1.82) is 0 Å². The lowest BCUT2D eigenvalue weighted by Gasteiger charge is -2.04. The maximum atomic E-state index is 6.02. The van der Waals surface area contributed by atoms with E-state index >= 15 is 0 Å². The van der Waals surface area contributed by atoms with Crippen LogP contribution < -0.4 is 4.74 Å². The van der Waals surface area contributed by atoms with Crippen molar-refractivity contribution in [2.45, 2.75) is 26.7 Å². The van der Waals surface area contributed by atoms with E-state index in [4.69, 9.17) is 9.15 Å². The number of aryl methyl sites for hydroxylation is 1. The number of fused-ring (bicyclic) bond motifs is 2. The van der Waals surface area contributed by atoms with E-state index in [-0.39, 0.29) is 0 Å². The van der Waals surface area contributed by atoms with Crippen molar-refractivity contribution in [1.82, 2.24) is 14.6 Å². The van der Waals surface area contributed by atoms with E-state index in [0.717, 1.165) is 51.0 Å². The van der Waals surface area contributed by atoms with Gasteiger partial charge in [-0.2, -0.15) is 5.10 Å². The summed E-state index contributed by atoms with van der Waals surface area (Å²) in [5.41, 5.74) is 1.57. The van der Waals surface area contributed by atoms with Crippen LogP contribution in [-0.4, -0.2) is 21.2 Å². The molecule has 0 fully saturated rings. The van der Waals surface area contributed by atoms with Gasteiger partial charge in [-0.25, -0.2) is 9.50 Å². The Morgan fingerprint density at radius 1 is 1.35 bits per heavy atom. The van der Waals surface area contributed by atoms with Crippen LogP contribution in [0.4, 0.5) is 0 Å². The van der Waals surface area contributed by atoms with E-state index in [1.54, 1.807) is 15.9 Å². The molecule has 0 saturated carbocycles. The summed E-state index contributed by atoms with van der Waals surface area (Å²) < 4.78 is 13.7. The van der Waals surface area contributed by atoms with Gasteiger partial charge in [-0.05, 0) is 25.5 Å². The highest BCUT2D eigenvalue weighted by Crippen LogP contribution is 2.33. The minimum atomic E-state index is 0.703. The number of furan rings is 1. The van der Waals surface area contributed by atoms with Crippen molar-refractivity contribution in [2.24, 2.45) is 0 Å². The van der Waals surface area contributed by atoms with Crippen molar-refractivity contribution in [3.05, 3.63) is 35.5 Å². The molecule has 118 valence electrons. The van der Waals surface area contributed by atoms with Crippen LogP contribution in [0.3, 0.4) is 0 Å². The van der Waals surface area contributed by atoms with Crippen molar-refractivity contribution in [2.75, 3.05) is 6.61 Å². The second-order valence-electron chi connectivity index (χ2n) is 5.46. The molecule has 4 aromatic rings. The number of rotatable bonds is 5. The maximum absolute atomic E-state index is 6.02. The molecule has 0 N–H and O–H groups in total. The zero-order valence-electron chi connectivity index (χ0n) is 13.1. The molecular weight excluding hydrogens is 310 g/mol. The van der Waals surface area contributed by atoms with Gasteiger partial charge >= 0.3 is 0 Å². The number of ether oxygens (including phenoxy) is 1. The molecular formula is C17H17N3O2S. The van der Waals surface area contributed by atoms with E-state index in [1.165, 1.54) is 0 Å². The van der Waals surface area contributed by atoms with Crippen molar-refractivity contribution in [3.63, 3.8) is 0 Å². The van der Waals surface area contributed by atoms with Crippen LogP contribution >= 0.6 is 11.3 Å². The monoisotopic (exact) mass is 327 g/mol. The molecule has 0 aliphatic heterocycles. The molecule has 0 aliphatic carbocycles. The lowest BCUT2D eigenvalue weighted by molar-refractivity contribution is 0.308. The smallest absolute Gasteiger partial charge is 0.212 e. The Kier molecular flexibility index (Phi) is 3.53. The number of imidazole rings is 1. The second-order valence-corrected chi connectivity index (χ2v) is 6.62. The minimum absolute atomic E-state index is 0.703. The third-order valence-corrected chi connectivity index (χ3v) is 4.50. The Labute approximate surface area is 137 Å². The first-order valence-electron chi connectivity index (χ1n) is 7.73. The Morgan fingerprint density at radius 2 is 2.26 bits per heavy atom. The lowest BCUT2D eigenvalue weighted by atomic mass is 10.2. The van der Waals surface area contributed by atoms with Crippen molar-refractivity contribution < 1.29 is 9.15 Å². The first kappa shape index (κ1) is 14.3. The first-order valence-corrected chi connectivity index (χ1v) is 8.55.